The summed E-state index contributed by atoms with van der Waals surface area (Å²) >= 11 is 3.61. The molecule has 0 aliphatic heterocycles. The largest absolute Gasteiger partial charge is 0.370 e. The van der Waals surface area contributed by atoms with E-state index in [1.54, 1.807) is 0 Å². The van der Waals surface area contributed by atoms with Gasteiger partial charge in [0.15, 0.2) is 0 Å². The quantitative estimate of drug-likeness (QED) is 0.898. The average molecular weight is 333 g/mol. The van der Waals surface area contributed by atoms with E-state index in [0.717, 1.165) is 16.6 Å². The van der Waals surface area contributed by atoms with Crippen molar-refractivity contribution in [1.29, 1.82) is 0 Å². The van der Waals surface area contributed by atoms with E-state index in [2.05, 4.69) is 77.3 Å². The Morgan fingerprint density at radius 3 is 2.55 bits per heavy atom. The molecule has 106 valence electrons. The minimum atomic E-state index is 0.0421. The van der Waals surface area contributed by atoms with Crippen LogP contribution in [0, 0.1) is 6.92 Å². The number of anilines is 1. The van der Waals surface area contributed by atoms with E-state index >= 15 is 0 Å². The van der Waals surface area contributed by atoms with Gasteiger partial charge in [-0.25, -0.2) is 0 Å². The summed E-state index contributed by atoms with van der Waals surface area (Å²) in [4.78, 5) is 2.24. The van der Waals surface area contributed by atoms with Gasteiger partial charge in [-0.15, -0.1) is 0 Å². The summed E-state index contributed by atoms with van der Waals surface area (Å²) in [5.74, 6) is 0. The van der Waals surface area contributed by atoms with Crippen LogP contribution in [-0.2, 0) is 6.54 Å². The van der Waals surface area contributed by atoms with E-state index in [1.165, 1.54) is 16.8 Å². The zero-order chi connectivity index (χ0) is 14.7. The van der Waals surface area contributed by atoms with Gasteiger partial charge < -0.3 is 10.6 Å². The maximum absolute atomic E-state index is 5.94. The van der Waals surface area contributed by atoms with Crippen LogP contribution in [0.5, 0.6) is 0 Å². The Labute approximate surface area is 129 Å². The van der Waals surface area contributed by atoms with Crippen LogP contribution >= 0.6 is 15.9 Å². The molecule has 0 aliphatic rings. The lowest BCUT2D eigenvalue weighted by Crippen LogP contribution is -2.17. The smallest absolute Gasteiger partial charge is 0.0426 e. The summed E-state index contributed by atoms with van der Waals surface area (Å²) in [6.45, 7) is 5.01. The molecule has 20 heavy (non-hydrogen) atoms. The molecule has 2 rings (SSSR count). The second kappa shape index (κ2) is 6.42. The summed E-state index contributed by atoms with van der Waals surface area (Å²) in [6.07, 6.45) is 0. The van der Waals surface area contributed by atoms with Crippen molar-refractivity contribution < 1.29 is 0 Å². The minimum absolute atomic E-state index is 0.0421. The monoisotopic (exact) mass is 332 g/mol. The lowest BCUT2D eigenvalue weighted by molar-refractivity contribution is 0.812. The number of nitrogens with zero attached hydrogens (tertiary/aromatic N) is 1. The standard InChI is InChI=1S/C17H21BrN2/c1-12-5-4-6-14(9-12)11-20(3)15-7-8-16(13(2)19)17(18)10-15/h4-10,13H,11,19H2,1-3H3/t13-/m1/s1. The van der Waals surface area contributed by atoms with Gasteiger partial charge >= 0.3 is 0 Å². The fraction of sp³-hybridized carbons (Fsp3) is 0.294. The average Bonchev–Trinajstić information content (AvgIpc) is 2.38. The van der Waals surface area contributed by atoms with Crippen molar-refractivity contribution in [2.24, 2.45) is 5.73 Å². The second-order valence-corrected chi connectivity index (χ2v) is 6.19. The van der Waals surface area contributed by atoms with Gasteiger partial charge in [0, 0.05) is 29.8 Å². The zero-order valence-corrected chi connectivity index (χ0v) is 13.8. The lowest BCUT2D eigenvalue weighted by Gasteiger charge is -2.21. The van der Waals surface area contributed by atoms with Crippen LogP contribution in [0.25, 0.3) is 0 Å². The number of nitrogens with two attached hydrogens (primary N) is 1. The third-order valence-corrected chi connectivity index (χ3v) is 4.10. The summed E-state index contributed by atoms with van der Waals surface area (Å²) in [6, 6.07) is 15.0. The van der Waals surface area contributed by atoms with Gasteiger partial charge in [0.2, 0.25) is 0 Å². The molecule has 0 fully saturated rings. The predicted molar refractivity (Wildman–Crippen MR) is 90.0 cm³/mol. The third-order valence-electron chi connectivity index (χ3n) is 3.42. The molecule has 0 bridgehead atoms. The molecule has 0 saturated heterocycles. The summed E-state index contributed by atoms with van der Waals surface area (Å²) in [7, 11) is 2.11. The van der Waals surface area contributed by atoms with Crippen molar-refractivity contribution in [3.63, 3.8) is 0 Å². The van der Waals surface area contributed by atoms with Crippen molar-refractivity contribution in [1.82, 2.24) is 0 Å². The molecule has 2 N–H and O–H groups in total. The maximum atomic E-state index is 5.94. The Morgan fingerprint density at radius 1 is 1.20 bits per heavy atom. The SMILES string of the molecule is Cc1cccc(CN(C)c2ccc([C@@H](C)N)c(Br)c2)c1. The van der Waals surface area contributed by atoms with Gasteiger partial charge in [-0.1, -0.05) is 51.8 Å². The fourth-order valence-electron chi connectivity index (χ4n) is 2.30. The number of halogens is 1. The highest BCUT2D eigenvalue weighted by Crippen LogP contribution is 2.27. The topological polar surface area (TPSA) is 29.3 Å². The normalized spacial score (nSPS) is 12.2. The fourth-order valence-corrected chi connectivity index (χ4v) is 3.03. The van der Waals surface area contributed by atoms with E-state index in [1.807, 2.05) is 6.92 Å². The van der Waals surface area contributed by atoms with E-state index in [9.17, 15) is 0 Å². The van der Waals surface area contributed by atoms with Crippen molar-refractivity contribution in [3.05, 3.63) is 63.6 Å². The molecule has 2 nitrogen and oxygen atoms in total. The molecule has 0 aromatic heterocycles. The van der Waals surface area contributed by atoms with Crippen LogP contribution in [0.4, 0.5) is 5.69 Å². The van der Waals surface area contributed by atoms with E-state index in [-0.39, 0.29) is 6.04 Å². The highest BCUT2D eigenvalue weighted by Gasteiger charge is 2.08. The minimum Gasteiger partial charge on any atom is -0.370 e. The zero-order valence-electron chi connectivity index (χ0n) is 12.2. The molecule has 0 saturated carbocycles. The number of hydrogen-bond acceptors (Lipinski definition) is 2. The molecule has 1 atom stereocenters. The van der Waals surface area contributed by atoms with Crippen molar-refractivity contribution in [2.75, 3.05) is 11.9 Å². The van der Waals surface area contributed by atoms with Gasteiger partial charge in [-0.2, -0.15) is 0 Å². The molecule has 2 aromatic carbocycles. The first kappa shape index (κ1) is 15.1. The lowest BCUT2D eigenvalue weighted by atomic mass is 10.1. The van der Waals surface area contributed by atoms with Crippen LogP contribution < -0.4 is 10.6 Å². The first-order valence-electron chi connectivity index (χ1n) is 6.79. The Balaban J connectivity index is 2.17. The maximum Gasteiger partial charge on any atom is 0.0426 e. The van der Waals surface area contributed by atoms with E-state index < -0.39 is 0 Å². The molecule has 0 unspecified atom stereocenters. The first-order chi connectivity index (χ1) is 9.47. The molecule has 0 spiro atoms. The van der Waals surface area contributed by atoms with Crippen molar-refractivity contribution >= 4 is 21.6 Å². The Hall–Kier alpha value is -1.32. The summed E-state index contributed by atoms with van der Waals surface area (Å²) < 4.78 is 1.07. The number of rotatable bonds is 4. The van der Waals surface area contributed by atoms with Crippen LogP contribution in [0.2, 0.25) is 0 Å². The second-order valence-electron chi connectivity index (χ2n) is 5.34. The Morgan fingerprint density at radius 2 is 1.95 bits per heavy atom. The van der Waals surface area contributed by atoms with Crippen molar-refractivity contribution in [3.8, 4) is 0 Å². The predicted octanol–water partition coefficient (Wildman–Crippen LogP) is 4.41. The molecular weight excluding hydrogens is 312 g/mol. The molecular formula is C17H21BrN2. The molecule has 0 amide bonds. The Bertz CT molecular complexity index is 593. The summed E-state index contributed by atoms with van der Waals surface area (Å²) in [5.41, 5.74) is 10.9. The number of benzene rings is 2. The number of aryl methyl sites for hydroxylation is 1. The van der Waals surface area contributed by atoms with Gasteiger partial charge in [-0.3, -0.25) is 0 Å². The van der Waals surface area contributed by atoms with Crippen LogP contribution in [0.1, 0.15) is 29.7 Å². The molecule has 2 aromatic rings. The van der Waals surface area contributed by atoms with Gasteiger partial charge in [0.25, 0.3) is 0 Å². The molecule has 0 aliphatic carbocycles. The van der Waals surface area contributed by atoms with Gasteiger partial charge in [0.1, 0.15) is 0 Å². The number of hydrogen-bond donors (Lipinski definition) is 1. The van der Waals surface area contributed by atoms with Gasteiger partial charge in [-0.05, 0) is 37.1 Å². The molecule has 3 heteroatoms. The van der Waals surface area contributed by atoms with Crippen molar-refractivity contribution in [2.45, 2.75) is 26.4 Å². The third kappa shape index (κ3) is 3.62. The van der Waals surface area contributed by atoms with E-state index in [4.69, 9.17) is 5.73 Å². The van der Waals surface area contributed by atoms with Crippen LogP contribution in [-0.4, -0.2) is 7.05 Å². The molecule has 0 radical (unpaired) electrons. The highest BCUT2D eigenvalue weighted by atomic mass is 79.9. The van der Waals surface area contributed by atoms with Crippen LogP contribution in [0.15, 0.2) is 46.9 Å². The highest BCUT2D eigenvalue weighted by molar-refractivity contribution is 9.10. The first-order valence-corrected chi connectivity index (χ1v) is 7.58. The Kier molecular flexibility index (Phi) is 4.84. The summed E-state index contributed by atoms with van der Waals surface area (Å²) in [5, 5.41) is 0. The van der Waals surface area contributed by atoms with Crippen LogP contribution in [0.3, 0.4) is 0 Å². The van der Waals surface area contributed by atoms with Gasteiger partial charge in [0.05, 0.1) is 0 Å². The molecule has 0 heterocycles. The van der Waals surface area contributed by atoms with E-state index in [0.29, 0.717) is 0 Å².